The molecule has 0 aliphatic carbocycles. The average Bonchev–Trinajstić information content (AvgIpc) is 2.93. The predicted molar refractivity (Wildman–Crippen MR) is 159 cm³/mol. The highest BCUT2D eigenvalue weighted by atomic mass is 32.2. The van der Waals surface area contributed by atoms with E-state index in [1.54, 1.807) is 24.3 Å². The van der Waals surface area contributed by atoms with Gasteiger partial charge in [-0.1, -0.05) is 68.3 Å². The van der Waals surface area contributed by atoms with Gasteiger partial charge in [-0.25, -0.2) is 8.42 Å². The summed E-state index contributed by atoms with van der Waals surface area (Å²) in [5.74, 6) is 0.475. The fourth-order valence-corrected chi connectivity index (χ4v) is 5.08. The fraction of sp³-hybridized carbons (Fsp3) is 0.355. The summed E-state index contributed by atoms with van der Waals surface area (Å²) >= 11 is 0. The van der Waals surface area contributed by atoms with Crippen LogP contribution in [-0.2, 0) is 26.2 Å². The van der Waals surface area contributed by atoms with E-state index >= 15 is 0 Å². The third-order valence-corrected chi connectivity index (χ3v) is 7.61. The zero-order valence-electron chi connectivity index (χ0n) is 23.7. The van der Waals surface area contributed by atoms with Gasteiger partial charge in [0.25, 0.3) is 0 Å². The summed E-state index contributed by atoms with van der Waals surface area (Å²) in [6, 6.07) is 22.7. The molecule has 3 aromatic carbocycles. The Morgan fingerprint density at radius 1 is 0.900 bits per heavy atom. The molecule has 0 heterocycles. The first-order valence-electron chi connectivity index (χ1n) is 13.6. The summed E-state index contributed by atoms with van der Waals surface area (Å²) in [4.78, 5) is 28.4. The number of nitrogens with one attached hydrogen (secondary N) is 1. The minimum absolute atomic E-state index is 0.181. The quantitative estimate of drug-likeness (QED) is 0.269. The summed E-state index contributed by atoms with van der Waals surface area (Å²) in [7, 11) is -3.82. The monoisotopic (exact) mass is 565 g/mol. The van der Waals surface area contributed by atoms with Gasteiger partial charge in [-0.05, 0) is 61.7 Å². The van der Waals surface area contributed by atoms with Gasteiger partial charge < -0.3 is 15.0 Å². The Morgan fingerprint density at radius 2 is 1.52 bits per heavy atom. The number of carbonyl (C=O) groups is 2. The molecule has 0 radical (unpaired) electrons. The number of carbonyl (C=O) groups excluding carboxylic acids is 2. The highest BCUT2D eigenvalue weighted by Crippen LogP contribution is 2.26. The Hall–Kier alpha value is -3.85. The van der Waals surface area contributed by atoms with E-state index in [0.717, 1.165) is 34.5 Å². The molecule has 3 rings (SSSR count). The van der Waals surface area contributed by atoms with Crippen molar-refractivity contribution in [1.29, 1.82) is 0 Å². The zero-order valence-corrected chi connectivity index (χ0v) is 24.5. The fourth-order valence-electron chi connectivity index (χ4n) is 4.23. The number of aryl methyl sites for hydroxylation is 1. The Morgan fingerprint density at radius 3 is 2.10 bits per heavy atom. The molecule has 1 N–H and O–H groups in total. The van der Waals surface area contributed by atoms with E-state index in [9.17, 15) is 18.0 Å². The van der Waals surface area contributed by atoms with Crippen LogP contribution in [0.2, 0.25) is 0 Å². The molecule has 214 valence electrons. The van der Waals surface area contributed by atoms with Gasteiger partial charge >= 0.3 is 0 Å². The van der Waals surface area contributed by atoms with Gasteiger partial charge in [0.15, 0.2) is 0 Å². The van der Waals surface area contributed by atoms with E-state index in [-0.39, 0.29) is 12.5 Å². The smallest absolute Gasteiger partial charge is 0.244 e. The number of ether oxygens (including phenoxy) is 1. The summed E-state index contributed by atoms with van der Waals surface area (Å²) in [5, 5.41) is 2.93. The number of para-hydroxylation sites is 1. The minimum atomic E-state index is -3.82. The molecule has 0 fully saturated rings. The van der Waals surface area contributed by atoms with Crippen molar-refractivity contribution in [3.63, 3.8) is 0 Å². The third-order valence-electron chi connectivity index (χ3n) is 6.47. The van der Waals surface area contributed by atoms with Crippen molar-refractivity contribution in [2.24, 2.45) is 0 Å². The van der Waals surface area contributed by atoms with Gasteiger partial charge in [-0.15, -0.1) is 0 Å². The van der Waals surface area contributed by atoms with Crippen LogP contribution in [0.25, 0.3) is 0 Å². The maximum atomic E-state index is 13.8. The molecular formula is C31H39N3O5S. The van der Waals surface area contributed by atoms with Crippen molar-refractivity contribution >= 4 is 27.5 Å². The van der Waals surface area contributed by atoms with Crippen molar-refractivity contribution in [2.45, 2.75) is 52.6 Å². The molecule has 3 aromatic rings. The number of benzene rings is 3. The number of anilines is 1. The number of amides is 2. The number of hydrogen-bond donors (Lipinski definition) is 1. The normalized spacial score (nSPS) is 11.9. The van der Waals surface area contributed by atoms with Crippen molar-refractivity contribution in [3.8, 4) is 11.5 Å². The molecule has 0 aliphatic rings. The minimum Gasteiger partial charge on any atom is -0.457 e. The lowest BCUT2D eigenvalue weighted by atomic mass is 10.1. The summed E-state index contributed by atoms with van der Waals surface area (Å²) in [6.45, 7) is 6.12. The molecule has 0 aliphatic heterocycles. The van der Waals surface area contributed by atoms with E-state index < -0.39 is 28.5 Å². The van der Waals surface area contributed by atoms with Gasteiger partial charge in [0.2, 0.25) is 21.8 Å². The first-order valence-corrected chi connectivity index (χ1v) is 15.4. The van der Waals surface area contributed by atoms with Crippen LogP contribution in [0.5, 0.6) is 11.5 Å². The third kappa shape index (κ3) is 8.84. The van der Waals surface area contributed by atoms with Gasteiger partial charge in [0.1, 0.15) is 24.1 Å². The van der Waals surface area contributed by atoms with Gasteiger partial charge in [0, 0.05) is 13.1 Å². The Labute approximate surface area is 238 Å². The van der Waals surface area contributed by atoms with Gasteiger partial charge in [-0.2, -0.15) is 0 Å². The van der Waals surface area contributed by atoms with Crippen LogP contribution in [0.15, 0.2) is 78.9 Å². The Bertz CT molecular complexity index is 1340. The highest BCUT2D eigenvalue weighted by molar-refractivity contribution is 7.92. The molecule has 0 saturated heterocycles. The lowest BCUT2D eigenvalue weighted by Crippen LogP contribution is -2.52. The van der Waals surface area contributed by atoms with E-state index in [0.29, 0.717) is 30.2 Å². The topological polar surface area (TPSA) is 96.0 Å². The maximum absolute atomic E-state index is 13.8. The summed E-state index contributed by atoms with van der Waals surface area (Å²) in [5.41, 5.74) is 2.26. The Balaban J connectivity index is 1.87. The van der Waals surface area contributed by atoms with Crippen molar-refractivity contribution in [1.82, 2.24) is 10.2 Å². The van der Waals surface area contributed by atoms with E-state index in [1.807, 2.05) is 75.4 Å². The van der Waals surface area contributed by atoms with Gasteiger partial charge in [-0.3, -0.25) is 13.9 Å². The van der Waals surface area contributed by atoms with Crippen LogP contribution in [-0.4, -0.2) is 50.5 Å². The summed E-state index contributed by atoms with van der Waals surface area (Å²) in [6.07, 6.45) is 3.22. The molecular weight excluding hydrogens is 526 g/mol. The van der Waals surface area contributed by atoms with E-state index in [2.05, 4.69) is 5.32 Å². The van der Waals surface area contributed by atoms with Crippen LogP contribution >= 0.6 is 0 Å². The molecule has 8 nitrogen and oxygen atoms in total. The van der Waals surface area contributed by atoms with Crippen LogP contribution in [0.4, 0.5) is 5.69 Å². The van der Waals surface area contributed by atoms with Crippen molar-refractivity contribution in [3.05, 3.63) is 90.0 Å². The lowest BCUT2D eigenvalue weighted by molar-refractivity contribution is -0.140. The Kier molecular flexibility index (Phi) is 11.1. The van der Waals surface area contributed by atoms with E-state index in [1.165, 1.54) is 4.90 Å². The second-order valence-corrected chi connectivity index (χ2v) is 11.7. The second kappa shape index (κ2) is 14.5. The van der Waals surface area contributed by atoms with Gasteiger partial charge in [0.05, 0.1) is 11.9 Å². The molecule has 0 spiro atoms. The van der Waals surface area contributed by atoms with Crippen LogP contribution in [0.3, 0.4) is 0 Å². The number of sulfonamides is 1. The average molecular weight is 566 g/mol. The van der Waals surface area contributed by atoms with Crippen molar-refractivity contribution < 1.29 is 22.7 Å². The maximum Gasteiger partial charge on any atom is 0.244 e. The molecule has 0 unspecified atom stereocenters. The molecule has 40 heavy (non-hydrogen) atoms. The van der Waals surface area contributed by atoms with Crippen LogP contribution in [0, 0.1) is 6.92 Å². The van der Waals surface area contributed by atoms with Crippen LogP contribution in [0.1, 0.15) is 44.2 Å². The second-order valence-electron chi connectivity index (χ2n) is 9.75. The molecule has 1 atom stereocenters. The largest absolute Gasteiger partial charge is 0.457 e. The SMILES string of the molecule is CCCCNC(=O)[C@@H](CC)N(Cc1ccc(C)cc1)C(=O)CN(c1ccc(Oc2ccccc2)cc1)S(C)(=O)=O. The molecule has 0 bridgehead atoms. The molecule has 0 aromatic heterocycles. The number of rotatable bonds is 14. The molecule has 2 amide bonds. The number of hydrogen-bond acceptors (Lipinski definition) is 5. The first kappa shape index (κ1) is 30.7. The van der Waals surface area contributed by atoms with E-state index in [4.69, 9.17) is 4.74 Å². The zero-order chi connectivity index (χ0) is 29.1. The first-order chi connectivity index (χ1) is 19.1. The highest BCUT2D eigenvalue weighted by Gasteiger charge is 2.31. The van der Waals surface area contributed by atoms with Crippen molar-refractivity contribution in [2.75, 3.05) is 23.7 Å². The number of unbranched alkanes of at least 4 members (excludes halogenated alkanes) is 1. The molecule has 0 saturated carbocycles. The number of nitrogens with zero attached hydrogens (tertiary/aromatic N) is 2. The lowest BCUT2D eigenvalue weighted by Gasteiger charge is -2.33. The standard InChI is InChI=1S/C31H39N3O5S/c1-5-7-21-32-31(36)29(6-2)33(22-25-15-13-24(3)14-16-25)30(35)23-34(40(4,37)38)26-17-19-28(20-18-26)39-27-11-9-8-10-12-27/h8-20,29H,5-7,21-23H2,1-4H3,(H,32,36)/t29-/m1/s1. The predicted octanol–water partition coefficient (Wildman–Crippen LogP) is 5.28. The molecule has 9 heteroatoms. The van der Waals surface area contributed by atoms with Crippen LogP contribution < -0.4 is 14.4 Å². The summed E-state index contributed by atoms with van der Waals surface area (Å²) < 4.78 is 32.6.